The molecule has 1 aromatic heterocycles. The molecule has 0 saturated carbocycles. The summed E-state index contributed by atoms with van der Waals surface area (Å²) in [4.78, 5) is 13.0. The van der Waals surface area contributed by atoms with E-state index in [1.165, 1.54) is 16.2 Å². The van der Waals surface area contributed by atoms with Crippen LogP contribution >= 0.6 is 11.3 Å². The molecule has 4 nitrogen and oxygen atoms in total. The van der Waals surface area contributed by atoms with E-state index in [0.717, 1.165) is 4.88 Å². The van der Waals surface area contributed by atoms with E-state index < -0.39 is 11.7 Å². The molecule has 2 rings (SSSR count). The van der Waals surface area contributed by atoms with Crippen molar-refractivity contribution in [3.63, 3.8) is 0 Å². The van der Waals surface area contributed by atoms with Gasteiger partial charge in [-0.05, 0) is 18.4 Å². The highest BCUT2D eigenvalue weighted by molar-refractivity contribution is 7.10. The lowest BCUT2D eigenvalue weighted by Crippen LogP contribution is -2.35. The molecule has 0 bridgehead atoms. The van der Waals surface area contributed by atoms with Gasteiger partial charge in [-0.3, -0.25) is 0 Å². The zero-order chi connectivity index (χ0) is 11.1. The van der Waals surface area contributed by atoms with Crippen LogP contribution in [0.25, 0.3) is 0 Å². The van der Waals surface area contributed by atoms with Crippen LogP contribution in [-0.4, -0.2) is 33.8 Å². The number of hydrogen-bond acceptors (Lipinski definition) is 3. The highest BCUT2D eigenvalue weighted by Crippen LogP contribution is 2.37. The van der Waals surface area contributed by atoms with E-state index in [2.05, 4.69) is 0 Å². The highest BCUT2D eigenvalue weighted by Gasteiger charge is 2.44. The van der Waals surface area contributed by atoms with E-state index in [9.17, 15) is 9.90 Å². The first-order valence-corrected chi connectivity index (χ1v) is 5.67. The summed E-state index contributed by atoms with van der Waals surface area (Å²) in [6.07, 6.45) is -0.491. The number of rotatable bonds is 1. The number of thiophene rings is 1. The van der Waals surface area contributed by atoms with Crippen LogP contribution in [0.3, 0.4) is 0 Å². The van der Waals surface area contributed by atoms with Gasteiger partial charge in [0, 0.05) is 17.3 Å². The molecule has 0 aromatic carbocycles. The molecule has 5 heteroatoms. The molecular weight excluding hydrogens is 214 g/mol. The van der Waals surface area contributed by atoms with Gasteiger partial charge in [0.15, 0.2) is 0 Å². The normalized spacial score (nSPS) is 30.8. The Kier molecular flexibility index (Phi) is 2.44. The molecule has 2 heterocycles. The Morgan fingerprint density at radius 3 is 2.93 bits per heavy atom. The molecule has 1 aliphatic heterocycles. The standard InChI is InChI=1S/C10H13NO3S/c1-7-5-10(14,6-11(7)9(12)13)8-3-2-4-15-8/h2-4,7,14H,5-6H2,1H3,(H,12,13)/t7-,10+/m1/s1. The molecule has 1 saturated heterocycles. The summed E-state index contributed by atoms with van der Waals surface area (Å²) < 4.78 is 0. The summed E-state index contributed by atoms with van der Waals surface area (Å²) in [7, 11) is 0. The SMILES string of the molecule is C[C@@H]1C[C@@](O)(c2cccs2)CN1C(=O)O. The Labute approximate surface area is 91.8 Å². The van der Waals surface area contributed by atoms with Crippen LogP contribution in [0.15, 0.2) is 17.5 Å². The minimum absolute atomic E-state index is 0.130. The first kappa shape index (κ1) is 10.4. The van der Waals surface area contributed by atoms with Gasteiger partial charge in [-0.15, -0.1) is 11.3 Å². The number of carboxylic acid groups (broad SMARTS) is 1. The average molecular weight is 227 g/mol. The van der Waals surface area contributed by atoms with Crippen molar-refractivity contribution in [3.8, 4) is 0 Å². The third kappa shape index (κ3) is 1.72. The highest BCUT2D eigenvalue weighted by atomic mass is 32.1. The summed E-state index contributed by atoms with van der Waals surface area (Å²) in [6.45, 7) is 1.99. The van der Waals surface area contributed by atoms with Gasteiger partial charge in [0.2, 0.25) is 0 Å². The van der Waals surface area contributed by atoms with Crippen molar-refractivity contribution in [2.24, 2.45) is 0 Å². The van der Waals surface area contributed by atoms with Gasteiger partial charge in [-0.25, -0.2) is 4.79 Å². The lowest BCUT2D eigenvalue weighted by molar-refractivity contribution is 0.0493. The van der Waals surface area contributed by atoms with Gasteiger partial charge in [0.25, 0.3) is 0 Å². The van der Waals surface area contributed by atoms with Crippen LogP contribution in [0.4, 0.5) is 4.79 Å². The van der Waals surface area contributed by atoms with Crippen LogP contribution in [-0.2, 0) is 5.60 Å². The predicted octanol–water partition coefficient (Wildman–Crippen LogP) is 1.71. The van der Waals surface area contributed by atoms with Crippen molar-refractivity contribution < 1.29 is 15.0 Å². The fourth-order valence-electron chi connectivity index (χ4n) is 2.08. The Morgan fingerprint density at radius 2 is 2.47 bits per heavy atom. The third-order valence-electron chi connectivity index (χ3n) is 2.82. The smallest absolute Gasteiger partial charge is 0.407 e. The van der Waals surface area contributed by atoms with Gasteiger partial charge in [-0.1, -0.05) is 6.07 Å². The number of likely N-dealkylation sites (tertiary alicyclic amines) is 1. The summed E-state index contributed by atoms with van der Waals surface area (Å²) in [5, 5.41) is 21.2. The second-order valence-corrected chi connectivity index (χ2v) is 4.92. The van der Waals surface area contributed by atoms with Gasteiger partial charge in [0.1, 0.15) is 5.60 Å². The molecular formula is C10H13NO3S. The van der Waals surface area contributed by atoms with Crippen molar-refractivity contribution in [1.82, 2.24) is 4.90 Å². The van der Waals surface area contributed by atoms with Gasteiger partial charge >= 0.3 is 6.09 Å². The minimum Gasteiger partial charge on any atom is -0.465 e. The molecule has 0 radical (unpaired) electrons. The molecule has 82 valence electrons. The molecule has 1 aliphatic rings. The monoisotopic (exact) mass is 227 g/mol. The van der Waals surface area contributed by atoms with Gasteiger partial charge < -0.3 is 15.1 Å². The zero-order valence-electron chi connectivity index (χ0n) is 8.38. The number of nitrogens with zero attached hydrogens (tertiary/aromatic N) is 1. The van der Waals surface area contributed by atoms with E-state index in [1.54, 1.807) is 0 Å². The Balaban J connectivity index is 2.24. The van der Waals surface area contributed by atoms with Crippen LogP contribution in [0, 0.1) is 0 Å². The molecule has 1 amide bonds. The van der Waals surface area contributed by atoms with E-state index in [4.69, 9.17) is 5.11 Å². The summed E-state index contributed by atoms with van der Waals surface area (Å²) >= 11 is 1.47. The molecule has 1 fully saturated rings. The lowest BCUT2D eigenvalue weighted by Gasteiger charge is -2.20. The predicted molar refractivity (Wildman–Crippen MR) is 57.0 cm³/mol. The van der Waals surface area contributed by atoms with Crippen molar-refractivity contribution in [2.75, 3.05) is 6.54 Å². The third-order valence-corrected chi connectivity index (χ3v) is 3.89. The molecule has 2 N–H and O–H groups in total. The number of amides is 1. The second-order valence-electron chi connectivity index (χ2n) is 3.97. The van der Waals surface area contributed by atoms with E-state index in [1.807, 2.05) is 24.4 Å². The van der Waals surface area contributed by atoms with Crippen LogP contribution < -0.4 is 0 Å². The van der Waals surface area contributed by atoms with E-state index >= 15 is 0 Å². The second kappa shape index (κ2) is 3.50. The van der Waals surface area contributed by atoms with E-state index in [-0.39, 0.29) is 12.6 Å². The Bertz CT molecular complexity index is 365. The maximum atomic E-state index is 10.9. The number of carbonyl (C=O) groups is 1. The largest absolute Gasteiger partial charge is 0.465 e. The van der Waals surface area contributed by atoms with Crippen molar-refractivity contribution in [2.45, 2.75) is 25.0 Å². The zero-order valence-corrected chi connectivity index (χ0v) is 9.20. The summed E-state index contributed by atoms with van der Waals surface area (Å²) in [5.74, 6) is 0. The average Bonchev–Trinajstić information content (AvgIpc) is 2.73. The van der Waals surface area contributed by atoms with Crippen LogP contribution in [0.1, 0.15) is 18.2 Å². The number of aliphatic hydroxyl groups is 1. The van der Waals surface area contributed by atoms with Crippen LogP contribution in [0.5, 0.6) is 0 Å². The number of β-amino-alcohol motifs (C(OH)–C–C–N with tert-alkyl or cyclic N) is 1. The first-order chi connectivity index (χ1) is 7.03. The molecule has 0 spiro atoms. The van der Waals surface area contributed by atoms with Crippen molar-refractivity contribution in [1.29, 1.82) is 0 Å². The topological polar surface area (TPSA) is 60.8 Å². The summed E-state index contributed by atoms with van der Waals surface area (Å²) in [6, 6.07) is 3.59. The quantitative estimate of drug-likeness (QED) is 0.767. The summed E-state index contributed by atoms with van der Waals surface area (Å²) in [5.41, 5.74) is -0.994. The molecule has 15 heavy (non-hydrogen) atoms. The first-order valence-electron chi connectivity index (χ1n) is 4.79. The van der Waals surface area contributed by atoms with Gasteiger partial charge in [-0.2, -0.15) is 0 Å². The number of hydrogen-bond donors (Lipinski definition) is 2. The lowest BCUT2D eigenvalue weighted by atomic mass is 9.99. The Hall–Kier alpha value is -1.07. The fourth-order valence-corrected chi connectivity index (χ4v) is 2.91. The molecule has 1 aromatic rings. The molecule has 0 aliphatic carbocycles. The molecule has 0 unspecified atom stereocenters. The van der Waals surface area contributed by atoms with Gasteiger partial charge in [0.05, 0.1) is 6.54 Å². The minimum atomic E-state index is -0.994. The fraction of sp³-hybridized carbons (Fsp3) is 0.500. The van der Waals surface area contributed by atoms with E-state index in [0.29, 0.717) is 6.42 Å². The van der Waals surface area contributed by atoms with Crippen LogP contribution in [0.2, 0.25) is 0 Å². The Morgan fingerprint density at radius 1 is 1.73 bits per heavy atom. The van der Waals surface area contributed by atoms with Crippen molar-refractivity contribution in [3.05, 3.63) is 22.4 Å². The molecule has 2 atom stereocenters. The van der Waals surface area contributed by atoms with Crippen molar-refractivity contribution >= 4 is 17.4 Å². The maximum absolute atomic E-state index is 10.9. The maximum Gasteiger partial charge on any atom is 0.407 e.